The maximum atomic E-state index is 11.9. The van der Waals surface area contributed by atoms with Crippen LogP contribution in [0.5, 0.6) is 5.88 Å². The maximum Gasteiger partial charge on any atom is 0.340 e. The number of aromatic nitrogens is 4. The van der Waals surface area contributed by atoms with Gasteiger partial charge in [-0.2, -0.15) is 4.98 Å². The lowest BCUT2D eigenvalue weighted by Crippen LogP contribution is -2.33. The Kier molecular flexibility index (Phi) is 7.15. The van der Waals surface area contributed by atoms with Gasteiger partial charge in [0.1, 0.15) is 31.2 Å². The van der Waals surface area contributed by atoms with Gasteiger partial charge in [-0.25, -0.2) is 9.97 Å². The van der Waals surface area contributed by atoms with Gasteiger partial charge in [0.05, 0.1) is 12.9 Å². The van der Waals surface area contributed by atoms with Gasteiger partial charge in [0, 0.05) is 0 Å². The van der Waals surface area contributed by atoms with E-state index in [2.05, 4.69) is 15.0 Å². The second kappa shape index (κ2) is 9.78. The smallest absolute Gasteiger partial charge is 0.340 e. The van der Waals surface area contributed by atoms with Crippen molar-refractivity contribution in [3.63, 3.8) is 0 Å². The van der Waals surface area contributed by atoms with E-state index in [1.54, 1.807) is 0 Å². The normalized spacial score (nSPS) is 24.9. The third-order valence-corrected chi connectivity index (χ3v) is 8.41. The molecule has 1 fully saturated rings. The van der Waals surface area contributed by atoms with Gasteiger partial charge in [-0.3, -0.25) is 13.7 Å². The first-order valence-electron chi connectivity index (χ1n) is 9.91. The van der Waals surface area contributed by atoms with Crippen molar-refractivity contribution in [3.8, 4) is 5.88 Å². The van der Waals surface area contributed by atoms with Crippen molar-refractivity contribution < 1.29 is 48.0 Å². The van der Waals surface area contributed by atoms with Gasteiger partial charge >= 0.3 is 15.2 Å². The minimum atomic E-state index is -4.81. The Hall–Kier alpha value is -2.25. The van der Waals surface area contributed by atoms with Gasteiger partial charge in [-0.05, 0) is 5.56 Å². The molecule has 0 saturated carbocycles. The van der Waals surface area contributed by atoms with Crippen molar-refractivity contribution in [2.75, 3.05) is 12.5 Å². The largest absolute Gasteiger partial charge is 0.471 e. The summed E-state index contributed by atoms with van der Waals surface area (Å²) in [4.78, 5) is 39.8. The third kappa shape index (κ3) is 5.69. The molecule has 5 N–H and O–H groups in total. The average molecular weight is 516 g/mol. The van der Waals surface area contributed by atoms with Gasteiger partial charge in [0.15, 0.2) is 23.3 Å². The summed E-state index contributed by atoms with van der Waals surface area (Å²) in [7, 11) is -9.48. The number of rotatable bonds is 9. The van der Waals surface area contributed by atoms with Crippen LogP contribution in [0, 0.1) is 0 Å². The van der Waals surface area contributed by atoms with Crippen LogP contribution in [0.15, 0.2) is 43.0 Å². The number of ether oxygens (including phenoxy) is 2. The van der Waals surface area contributed by atoms with Gasteiger partial charge in [-0.1, -0.05) is 30.3 Å². The van der Waals surface area contributed by atoms with Crippen molar-refractivity contribution in [1.82, 2.24) is 19.5 Å². The first-order chi connectivity index (χ1) is 16.0. The number of benzene rings is 1. The van der Waals surface area contributed by atoms with Crippen LogP contribution in [0.1, 0.15) is 11.8 Å². The topological polar surface area (TPSA) is 207 Å². The molecule has 0 aliphatic carbocycles. The molecular formula is C18H22N4O10P2. The number of imidazole rings is 1. The lowest BCUT2D eigenvalue weighted by Gasteiger charge is -2.18. The molecule has 4 rings (SSSR count). The van der Waals surface area contributed by atoms with Crippen molar-refractivity contribution in [2.24, 2.45) is 0 Å². The van der Waals surface area contributed by atoms with Crippen LogP contribution in [0.2, 0.25) is 0 Å². The van der Waals surface area contributed by atoms with E-state index in [4.69, 9.17) is 23.8 Å². The standard InChI is InChI=1S/C18H22N4O10P2/c23-14-12(7-31-34(28,29)10-33(25,26)27)32-18(15(14)24)22-9-21-13-16(22)19-8-20-17(13)30-6-11-4-2-1-3-5-11/h1-5,8-9,12,14-15,18,23-24H,6-7,10H2,(H,28,29)(H2,25,26,27)/t12-,14-,15-,18-/m1/s1. The fourth-order valence-corrected chi connectivity index (χ4v) is 5.98. The number of hydrogen-bond acceptors (Lipinski definition) is 10. The first-order valence-corrected chi connectivity index (χ1v) is 13.5. The number of aliphatic hydroxyl groups excluding tert-OH is 2. The molecule has 0 amide bonds. The zero-order chi connectivity index (χ0) is 24.5. The summed E-state index contributed by atoms with van der Waals surface area (Å²) in [5.74, 6) is -1.19. The molecule has 1 aliphatic rings. The molecule has 184 valence electrons. The first kappa shape index (κ1) is 24.9. The van der Waals surface area contributed by atoms with Gasteiger partial charge in [0.25, 0.3) is 0 Å². The molecular weight excluding hydrogens is 494 g/mol. The van der Waals surface area contributed by atoms with Crippen LogP contribution in [0.25, 0.3) is 11.2 Å². The van der Waals surface area contributed by atoms with Crippen LogP contribution in [0.3, 0.4) is 0 Å². The Labute approximate surface area is 192 Å². The summed E-state index contributed by atoms with van der Waals surface area (Å²) in [5.41, 5.74) is 1.43. The van der Waals surface area contributed by atoms with Gasteiger partial charge in [0.2, 0.25) is 5.88 Å². The molecule has 0 spiro atoms. The summed E-state index contributed by atoms with van der Waals surface area (Å²) >= 11 is 0. The summed E-state index contributed by atoms with van der Waals surface area (Å²) in [6.07, 6.45) is -2.94. The molecule has 1 aromatic carbocycles. The molecule has 0 bridgehead atoms. The Balaban J connectivity index is 1.48. The highest BCUT2D eigenvalue weighted by Gasteiger charge is 2.45. The predicted molar refractivity (Wildman–Crippen MR) is 115 cm³/mol. The Morgan fingerprint density at radius 3 is 2.47 bits per heavy atom. The third-order valence-electron chi connectivity index (χ3n) is 4.96. The Morgan fingerprint density at radius 1 is 1.03 bits per heavy atom. The van der Waals surface area contributed by atoms with E-state index in [9.17, 15) is 24.2 Å². The molecule has 1 aliphatic heterocycles. The van der Waals surface area contributed by atoms with E-state index in [-0.39, 0.29) is 23.7 Å². The molecule has 5 atom stereocenters. The number of aliphatic hydroxyl groups is 2. The van der Waals surface area contributed by atoms with Gasteiger partial charge in [-0.15, -0.1) is 0 Å². The number of fused-ring (bicyclic) bond motifs is 1. The lowest BCUT2D eigenvalue weighted by atomic mass is 10.1. The lowest BCUT2D eigenvalue weighted by molar-refractivity contribution is -0.0483. The second-order valence-corrected chi connectivity index (χ2v) is 11.6. The van der Waals surface area contributed by atoms with Crippen LogP contribution in [-0.4, -0.2) is 75.2 Å². The van der Waals surface area contributed by atoms with E-state index >= 15 is 0 Å². The van der Waals surface area contributed by atoms with E-state index in [1.165, 1.54) is 17.2 Å². The minimum absolute atomic E-state index is 0.194. The predicted octanol–water partition coefficient (Wildman–Crippen LogP) is 0.362. The molecule has 3 heterocycles. The minimum Gasteiger partial charge on any atom is -0.471 e. The molecule has 14 nitrogen and oxygen atoms in total. The zero-order valence-corrected chi connectivity index (χ0v) is 19.2. The molecule has 0 radical (unpaired) electrons. The summed E-state index contributed by atoms with van der Waals surface area (Å²) in [6.45, 7) is -0.466. The molecule has 34 heavy (non-hydrogen) atoms. The highest BCUT2D eigenvalue weighted by molar-refractivity contribution is 7.70. The van der Waals surface area contributed by atoms with Crippen molar-refractivity contribution in [1.29, 1.82) is 0 Å². The number of hydrogen-bond donors (Lipinski definition) is 5. The summed E-state index contributed by atoms with van der Waals surface area (Å²) in [5, 5.41) is 20.8. The van der Waals surface area contributed by atoms with Crippen LogP contribution in [0.4, 0.5) is 0 Å². The molecule has 1 saturated heterocycles. The van der Waals surface area contributed by atoms with Crippen molar-refractivity contribution >= 4 is 26.4 Å². The molecule has 3 aromatic rings. The van der Waals surface area contributed by atoms with Crippen LogP contribution >= 0.6 is 15.2 Å². The fraction of sp³-hybridized carbons (Fsp3) is 0.389. The van der Waals surface area contributed by atoms with Crippen molar-refractivity contribution in [3.05, 3.63) is 48.5 Å². The monoisotopic (exact) mass is 516 g/mol. The molecule has 16 heteroatoms. The SMILES string of the molecule is O=P(O)(O)CP(=O)(O)OC[C@H]1O[C@@H](n2cnc3c(OCc4ccccc4)ncnc32)[C@H](O)[C@@H]1O. The molecule has 2 aromatic heterocycles. The average Bonchev–Trinajstić information content (AvgIpc) is 3.32. The quantitative estimate of drug-likeness (QED) is 0.244. The van der Waals surface area contributed by atoms with E-state index in [1.807, 2.05) is 30.3 Å². The summed E-state index contributed by atoms with van der Waals surface area (Å²) in [6, 6.07) is 9.39. The zero-order valence-electron chi connectivity index (χ0n) is 17.4. The Morgan fingerprint density at radius 2 is 1.76 bits per heavy atom. The highest BCUT2D eigenvalue weighted by atomic mass is 31.2. The van der Waals surface area contributed by atoms with Gasteiger partial charge < -0.3 is 38.9 Å². The summed E-state index contributed by atoms with van der Waals surface area (Å²) < 4.78 is 40.2. The van der Waals surface area contributed by atoms with Crippen LogP contribution in [-0.2, 0) is 25.0 Å². The fourth-order valence-electron chi connectivity index (χ4n) is 3.41. The maximum absolute atomic E-state index is 11.9. The van der Waals surface area contributed by atoms with Crippen molar-refractivity contribution in [2.45, 2.75) is 31.1 Å². The van der Waals surface area contributed by atoms with Crippen LogP contribution < -0.4 is 4.74 Å². The van der Waals surface area contributed by atoms with E-state index in [0.717, 1.165) is 5.56 Å². The second-order valence-electron chi connectivity index (χ2n) is 7.56. The van der Waals surface area contributed by atoms with E-state index in [0.29, 0.717) is 0 Å². The van der Waals surface area contributed by atoms with E-state index < -0.39 is 52.2 Å². The number of nitrogens with zero attached hydrogens (tertiary/aromatic N) is 4. The molecule has 1 unspecified atom stereocenters. The Bertz CT molecular complexity index is 1240. The highest BCUT2D eigenvalue weighted by Crippen LogP contribution is 2.55.